The minimum absolute atomic E-state index is 0.328. The molecule has 0 unspecified atom stereocenters. The van der Waals surface area contributed by atoms with E-state index in [-0.39, 0.29) is 0 Å². The fourth-order valence-electron chi connectivity index (χ4n) is 3.33. The van der Waals surface area contributed by atoms with Gasteiger partial charge >= 0.3 is 6.18 Å². The second-order valence-corrected chi connectivity index (χ2v) is 8.11. The SMILES string of the molecule is Cc1ccc2c(Nc3cc(CN4CCOCC4)cc(C(F)(F)F)c3)noc2c1I. The van der Waals surface area contributed by atoms with Crippen molar-refractivity contribution in [1.29, 1.82) is 0 Å². The van der Waals surface area contributed by atoms with E-state index in [0.29, 0.717) is 55.5 Å². The number of fused-ring (bicyclic) bond motifs is 1. The third kappa shape index (κ3) is 4.51. The number of rotatable bonds is 4. The van der Waals surface area contributed by atoms with Crippen molar-refractivity contribution >= 4 is 45.1 Å². The summed E-state index contributed by atoms with van der Waals surface area (Å²) >= 11 is 2.17. The molecule has 1 aromatic heterocycles. The molecule has 0 amide bonds. The number of alkyl halides is 3. The van der Waals surface area contributed by atoms with Gasteiger partial charge in [0.25, 0.3) is 0 Å². The third-order valence-electron chi connectivity index (χ3n) is 4.87. The van der Waals surface area contributed by atoms with Crippen LogP contribution in [0.1, 0.15) is 16.7 Å². The van der Waals surface area contributed by atoms with Gasteiger partial charge in [0.15, 0.2) is 11.4 Å². The summed E-state index contributed by atoms with van der Waals surface area (Å²) < 4.78 is 52.0. The first-order valence-electron chi connectivity index (χ1n) is 9.14. The van der Waals surface area contributed by atoms with E-state index >= 15 is 0 Å². The predicted molar refractivity (Wildman–Crippen MR) is 112 cm³/mol. The van der Waals surface area contributed by atoms with Gasteiger partial charge in [-0.3, -0.25) is 4.90 Å². The fraction of sp³-hybridized carbons (Fsp3) is 0.350. The zero-order valence-corrected chi connectivity index (χ0v) is 17.8. The van der Waals surface area contributed by atoms with Crippen molar-refractivity contribution in [2.24, 2.45) is 0 Å². The van der Waals surface area contributed by atoms with E-state index in [1.807, 2.05) is 19.1 Å². The topological polar surface area (TPSA) is 50.5 Å². The highest BCUT2D eigenvalue weighted by Gasteiger charge is 2.31. The molecule has 4 rings (SSSR count). The van der Waals surface area contributed by atoms with Crippen LogP contribution >= 0.6 is 22.6 Å². The van der Waals surface area contributed by atoms with Crippen molar-refractivity contribution < 1.29 is 22.4 Å². The van der Waals surface area contributed by atoms with Gasteiger partial charge in [-0.1, -0.05) is 11.2 Å². The quantitative estimate of drug-likeness (QED) is 0.474. The molecular formula is C20H19F3IN3O2. The van der Waals surface area contributed by atoms with Crippen molar-refractivity contribution in [3.05, 3.63) is 50.6 Å². The molecule has 3 aromatic rings. The fourth-order valence-corrected chi connectivity index (χ4v) is 3.90. The Morgan fingerprint density at radius 3 is 2.66 bits per heavy atom. The van der Waals surface area contributed by atoms with Crippen molar-refractivity contribution in [1.82, 2.24) is 10.1 Å². The molecule has 5 nitrogen and oxygen atoms in total. The number of benzene rings is 2. The van der Waals surface area contributed by atoms with Crippen LogP contribution in [0.5, 0.6) is 0 Å². The van der Waals surface area contributed by atoms with Crippen molar-refractivity contribution in [2.75, 3.05) is 31.6 Å². The molecule has 9 heteroatoms. The zero-order valence-electron chi connectivity index (χ0n) is 15.6. The molecule has 0 saturated carbocycles. The molecule has 2 aromatic carbocycles. The lowest BCUT2D eigenvalue weighted by molar-refractivity contribution is -0.137. The molecule has 0 aliphatic carbocycles. The monoisotopic (exact) mass is 517 g/mol. The highest BCUT2D eigenvalue weighted by Crippen LogP contribution is 2.35. The summed E-state index contributed by atoms with van der Waals surface area (Å²) in [5.74, 6) is 0.398. The maximum atomic E-state index is 13.5. The first-order valence-corrected chi connectivity index (χ1v) is 10.2. The first-order chi connectivity index (χ1) is 13.8. The maximum Gasteiger partial charge on any atom is 0.416 e. The minimum Gasteiger partial charge on any atom is -0.379 e. The minimum atomic E-state index is -4.43. The number of nitrogens with one attached hydrogen (secondary N) is 1. The molecule has 0 bridgehead atoms. The molecule has 2 heterocycles. The lowest BCUT2D eigenvalue weighted by Crippen LogP contribution is -2.35. The van der Waals surface area contributed by atoms with Gasteiger partial charge in [0.2, 0.25) is 0 Å². The van der Waals surface area contributed by atoms with Gasteiger partial charge in [-0.25, -0.2) is 0 Å². The van der Waals surface area contributed by atoms with Crippen LogP contribution in [0, 0.1) is 10.5 Å². The van der Waals surface area contributed by atoms with Crippen LogP contribution in [0.15, 0.2) is 34.9 Å². The second-order valence-electron chi connectivity index (χ2n) is 7.03. The molecule has 1 aliphatic heterocycles. The van der Waals surface area contributed by atoms with Gasteiger partial charge in [0, 0.05) is 25.3 Å². The first kappa shape index (κ1) is 20.4. The van der Waals surface area contributed by atoms with Gasteiger partial charge in [-0.15, -0.1) is 0 Å². The number of ether oxygens (including phenoxy) is 1. The van der Waals surface area contributed by atoms with Gasteiger partial charge in [0.1, 0.15) is 0 Å². The predicted octanol–water partition coefficient (Wildman–Crippen LogP) is 5.34. The van der Waals surface area contributed by atoms with E-state index < -0.39 is 11.7 Å². The lowest BCUT2D eigenvalue weighted by Gasteiger charge is -2.27. The van der Waals surface area contributed by atoms with Crippen LogP contribution < -0.4 is 5.32 Å². The normalized spacial score (nSPS) is 15.8. The summed E-state index contributed by atoms with van der Waals surface area (Å²) in [6, 6.07) is 7.82. The third-order valence-corrected chi connectivity index (χ3v) is 6.21. The molecule has 0 spiro atoms. The van der Waals surface area contributed by atoms with Crippen LogP contribution in [-0.2, 0) is 17.5 Å². The molecule has 29 heavy (non-hydrogen) atoms. The number of hydrogen-bond acceptors (Lipinski definition) is 5. The van der Waals surface area contributed by atoms with Gasteiger partial charge in [-0.2, -0.15) is 13.2 Å². The van der Waals surface area contributed by atoms with Crippen LogP contribution in [0.25, 0.3) is 11.0 Å². The highest BCUT2D eigenvalue weighted by molar-refractivity contribution is 14.1. The van der Waals surface area contributed by atoms with Gasteiger partial charge < -0.3 is 14.6 Å². The summed E-state index contributed by atoms with van der Waals surface area (Å²) in [6.07, 6.45) is -4.43. The Bertz CT molecular complexity index is 1030. The zero-order chi connectivity index (χ0) is 20.6. The summed E-state index contributed by atoms with van der Waals surface area (Å²) in [4.78, 5) is 2.08. The lowest BCUT2D eigenvalue weighted by atomic mass is 10.1. The number of morpholine rings is 1. The van der Waals surface area contributed by atoms with Crippen LogP contribution in [0.2, 0.25) is 0 Å². The smallest absolute Gasteiger partial charge is 0.379 e. The van der Waals surface area contributed by atoms with Crippen LogP contribution in [0.3, 0.4) is 0 Å². The Kier molecular flexibility index (Phi) is 5.71. The van der Waals surface area contributed by atoms with E-state index in [2.05, 4.69) is 38.0 Å². The molecule has 1 aliphatic rings. The Hall–Kier alpha value is -1.85. The molecule has 1 fully saturated rings. The van der Waals surface area contributed by atoms with E-state index in [1.165, 1.54) is 6.07 Å². The Labute approximate surface area is 179 Å². The summed E-state index contributed by atoms with van der Waals surface area (Å²) in [7, 11) is 0. The van der Waals surface area contributed by atoms with Gasteiger partial charge in [-0.05, 0) is 64.9 Å². The number of halogens is 4. The summed E-state index contributed by atoms with van der Waals surface area (Å²) in [5, 5.41) is 7.77. The number of anilines is 2. The van der Waals surface area contributed by atoms with Crippen molar-refractivity contribution in [3.63, 3.8) is 0 Å². The van der Waals surface area contributed by atoms with Crippen LogP contribution in [-0.4, -0.2) is 36.4 Å². The highest BCUT2D eigenvalue weighted by atomic mass is 127. The molecule has 154 valence electrons. The second kappa shape index (κ2) is 8.11. The molecule has 1 N–H and O–H groups in total. The number of aryl methyl sites for hydroxylation is 1. The standard InChI is InChI=1S/C20H19F3IN3O2/c1-12-2-3-16-18(17(12)24)29-26-19(16)25-15-9-13(8-14(10-15)20(21,22)23)11-27-4-6-28-7-5-27/h2-3,8-10H,4-7,11H2,1H3,(H,25,26). The summed E-state index contributed by atoms with van der Waals surface area (Å²) in [6.45, 7) is 4.97. The molecule has 0 atom stereocenters. The number of aromatic nitrogens is 1. The average molecular weight is 517 g/mol. The summed E-state index contributed by atoms with van der Waals surface area (Å²) in [5.41, 5.74) is 1.89. The molecule has 1 saturated heterocycles. The average Bonchev–Trinajstić information content (AvgIpc) is 3.08. The van der Waals surface area contributed by atoms with E-state index in [0.717, 1.165) is 20.6 Å². The number of hydrogen-bond donors (Lipinski definition) is 1. The Morgan fingerprint density at radius 2 is 1.93 bits per heavy atom. The maximum absolute atomic E-state index is 13.5. The van der Waals surface area contributed by atoms with E-state index in [4.69, 9.17) is 9.26 Å². The number of nitrogens with zero attached hydrogens (tertiary/aromatic N) is 2. The van der Waals surface area contributed by atoms with Gasteiger partial charge in [0.05, 0.1) is 27.7 Å². The van der Waals surface area contributed by atoms with E-state index in [1.54, 1.807) is 6.07 Å². The Balaban J connectivity index is 1.67. The molecule has 0 radical (unpaired) electrons. The van der Waals surface area contributed by atoms with Crippen molar-refractivity contribution in [2.45, 2.75) is 19.6 Å². The molecular weight excluding hydrogens is 498 g/mol. The van der Waals surface area contributed by atoms with E-state index in [9.17, 15) is 13.2 Å². The Morgan fingerprint density at radius 1 is 1.17 bits per heavy atom. The van der Waals surface area contributed by atoms with Crippen molar-refractivity contribution in [3.8, 4) is 0 Å². The largest absolute Gasteiger partial charge is 0.416 e. The van der Waals surface area contributed by atoms with Crippen LogP contribution in [0.4, 0.5) is 24.7 Å².